The van der Waals surface area contributed by atoms with Crippen LogP contribution in [-0.2, 0) is 0 Å². The van der Waals surface area contributed by atoms with Gasteiger partial charge in [0.25, 0.3) is 0 Å². The lowest BCUT2D eigenvalue weighted by Crippen LogP contribution is -1.92. The Morgan fingerprint density at radius 3 is 3.00 bits per heavy atom. The summed E-state index contributed by atoms with van der Waals surface area (Å²) in [6.45, 7) is 0. The van der Waals surface area contributed by atoms with E-state index in [-0.39, 0.29) is 5.02 Å². The Labute approximate surface area is 106 Å². The first kappa shape index (κ1) is 11.0. The van der Waals surface area contributed by atoms with E-state index in [9.17, 15) is 4.39 Å². The smallest absolute Gasteiger partial charge is 0.200 e. The monoisotopic (exact) mass is 263 g/mol. The van der Waals surface area contributed by atoms with Crippen molar-refractivity contribution in [2.24, 2.45) is 0 Å². The molecule has 0 aliphatic heterocycles. The maximum atomic E-state index is 13.0. The summed E-state index contributed by atoms with van der Waals surface area (Å²) < 4.78 is 18.1. The summed E-state index contributed by atoms with van der Waals surface area (Å²) in [5, 5.41) is 6.88. The van der Waals surface area contributed by atoms with Crippen LogP contribution in [0, 0.1) is 5.82 Å². The second-order valence-corrected chi connectivity index (χ2v) is 4.04. The highest BCUT2D eigenvalue weighted by molar-refractivity contribution is 6.31. The van der Waals surface area contributed by atoms with Gasteiger partial charge in [0, 0.05) is 11.9 Å². The Morgan fingerprint density at radius 2 is 2.17 bits per heavy atom. The molecule has 6 heteroatoms. The first-order valence-electron chi connectivity index (χ1n) is 5.16. The molecule has 0 radical (unpaired) electrons. The second-order valence-electron chi connectivity index (χ2n) is 3.64. The molecule has 2 heterocycles. The minimum Gasteiger partial charge on any atom is -0.352 e. The predicted octanol–water partition coefficient (Wildman–Crippen LogP) is 3.76. The third kappa shape index (κ3) is 1.89. The van der Waals surface area contributed by atoms with Crippen LogP contribution in [0.15, 0.2) is 41.1 Å². The van der Waals surface area contributed by atoms with Crippen molar-refractivity contribution >= 4 is 34.2 Å². The second kappa shape index (κ2) is 4.27. The molecule has 0 saturated heterocycles. The van der Waals surface area contributed by atoms with Crippen molar-refractivity contribution in [1.29, 1.82) is 0 Å². The molecule has 0 bridgehead atoms. The maximum Gasteiger partial charge on any atom is 0.200 e. The van der Waals surface area contributed by atoms with Gasteiger partial charge in [0.1, 0.15) is 5.82 Å². The van der Waals surface area contributed by atoms with Crippen LogP contribution in [0.1, 0.15) is 0 Å². The summed E-state index contributed by atoms with van der Waals surface area (Å²) in [5.41, 5.74) is 1.80. The van der Waals surface area contributed by atoms with Crippen molar-refractivity contribution < 1.29 is 8.91 Å². The van der Waals surface area contributed by atoms with Gasteiger partial charge in [-0.1, -0.05) is 16.8 Å². The van der Waals surface area contributed by atoms with Crippen LogP contribution in [0.2, 0.25) is 5.02 Å². The Bertz CT molecular complexity index is 713. The van der Waals surface area contributed by atoms with E-state index in [1.54, 1.807) is 24.4 Å². The van der Waals surface area contributed by atoms with Crippen LogP contribution in [0.3, 0.4) is 0 Å². The molecule has 0 amide bonds. The summed E-state index contributed by atoms with van der Waals surface area (Å²) in [6.07, 6.45) is 1.64. The summed E-state index contributed by atoms with van der Waals surface area (Å²) in [4.78, 5) is 4.15. The first-order valence-corrected chi connectivity index (χ1v) is 5.54. The Hall–Kier alpha value is -2.14. The van der Waals surface area contributed by atoms with Crippen molar-refractivity contribution in [2.45, 2.75) is 0 Å². The van der Waals surface area contributed by atoms with Crippen LogP contribution in [0.5, 0.6) is 0 Å². The Morgan fingerprint density at radius 1 is 1.28 bits per heavy atom. The number of rotatable bonds is 2. The molecule has 0 aliphatic carbocycles. The number of fused-ring (bicyclic) bond motifs is 1. The lowest BCUT2D eigenvalue weighted by molar-refractivity contribution is 0.460. The lowest BCUT2D eigenvalue weighted by Gasteiger charge is -2.03. The minimum absolute atomic E-state index is 0.0424. The normalized spacial score (nSPS) is 10.8. The van der Waals surface area contributed by atoms with Gasteiger partial charge in [-0.05, 0) is 30.3 Å². The number of hydrogen-bond donors (Lipinski definition) is 1. The van der Waals surface area contributed by atoms with Gasteiger partial charge in [-0.25, -0.2) is 9.37 Å². The molecule has 0 saturated carbocycles. The number of hydrogen-bond acceptors (Lipinski definition) is 4. The fraction of sp³-hybridized carbons (Fsp3) is 0. The topological polar surface area (TPSA) is 51.0 Å². The van der Waals surface area contributed by atoms with Crippen molar-refractivity contribution in [3.05, 3.63) is 47.4 Å². The molecule has 90 valence electrons. The third-order valence-electron chi connectivity index (χ3n) is 2.41. The number of benzene rings is 1. The molecule has 3 aromatic rings. The fourth-order valence-corrected chi connectivity index (χ4v) is 1.75. The highest BCUT2D eigenvalue weighted by Crippen LogP contribution is 2.26. The number of nitrogens with one attached hydrogen (secondary N) is 1. The zero-order valence-electron chi connectivity index (χ0n) is 9.02. The highest BCUT2D eigenvalue weighted by Gasteiger charge is 2.09. The summed E-state index contributed by atoms with van der Waals surface area (Å²) in [5.74, 6) is -0.00127. The molecular weight excluding hydrogens is 257 g/mol. The van der Waals surface area contributed by atoms with Crippen LogP contribution in [0.4, 0.5) is 15.9 Å². The van der Waals surface area contributed by atoms with E-state index in [4.69, 9.17) is 16.1 Å². The van der Waals surface area contributed by atoms with Gasteiger partial charge in [-0.3, -0.25) is 0 Å². The van der Waals surface area contributed by atoms with E-state index >= 15 is 0 Å². The minimum atomic E-state index is -0.467. The van der Waals surface area contributed by atoms with Crippen molar-refractivity contribution in [1.82, 2.24) is 10.1 Å². The zero-order chi connectivity index (χ0) is 12.5. The number of aromatic nitrogens is 2. The average Bonchev–Trinajstić information content (AvgIpc) is 2.78. The first-order chi connectivity index (χ1) is 8.74. The maximum absolute atomic E-state index is 13.0. The molecule has 1 N–H and O–H groups in total. The van der Waals surface area contributed by atoms with Crippen LogP contribution >= 0.6 is 11.6 Å². The molecule has 1 aromatic carbocycles. The van der Waals surface area contributed by atoms with Gasteiger partial charge in [-0.15, -0.1) is 0 Å². The van der Waals surface area contributed by atoms with E-state index < -0.39 is 5.82 Å². The summed E-state index contributed by atoms with van der Waals surface area (Å²) >= 11 is 5.70. The Balaban J connectivity index is 1.98. The Kier molecular flexibility index (Phi) is 2.60. The molecule has 0 spiro atoms. The van der Waals surface area contributed by atoms with Gasteiger partial charge in [0.2, 0.25) is 0 Å². The van der Waals surface area contributed by atoms with E-state index in [1.807, 2.05) is 0 Å². The molecule has 0 unspecified atom stereocenters. The standard InChI is InChI=1S/C12H7ClFN3O/c13-8-6-7(3-4-9(8)14)16-12-11-10(18-17-12)2-1-5-15-11/h1-6H,(H,16,17). The van der Waals surface area contributed by atoms with Gasteiger partial charge < -0.3 is 9.84 Å². The highest BCUT2D eigenvalue weighted by atomic mass is 35.5. The van der Waals surface area contributed by atoms with E-state index in [1.165, 1.54) is 12.1 Å². The largest absolute Gasteiger partial charge is 0.352 e. The number of anilines is 2. The molecule has 3 rings (SSSR count). The molecule has 0 aliphatic rings. The van der Waals surface area contributed by atoms with Crippen molar-refractivity contribution in [2.75, 3.05) is 5.32 Å². The summed E-state index contributed by atoms with van der Waals surface area (Å²) in [6, 6.07) is 7.83. The molecular formula is C12H7ClFN3O. The fourth-order valence-electron chi connectivity index (χ4n) is 1.57. The third-order valence-corrected chi connectivity index (χ3v) is 2.70. The number of halogens is 2. The zero-order valence-corrected chi connectivity index (χ0v) is 9.78. The molecule has 4 nitrogen and oxygen atoms in total. The average molecular weight is 264 g/mol. The predicted molar refractivity (Wildman–Crippen MR) is 66.5 cm³/mol. The van der Waals surface area contributed by atoms with Crippen molar-refractivity contribution in [3.8, 4) is 0 Å². The SMILES string of the molecule is Fc1ccc(Nc2noc3cccnc23)cc1Cl. The van der Waals surface area contributed by atoms with E-state index in [2.05, 4.69) is 15.5 Å². The molecule has 2 aromatic heterocycles. The van der Waals surface area contributed by atoms with E-state index in [0.717, 1.165) is 0 Å². The van der Waals surface area contributed by atoms with Gasteiger partial charge in [0.05, 0.1) is 5.02 Å². The van der Waals surface area contributed by atoms with Crippen LogP contribution < -0.4 is 5.32 Å². The lowest BCUT2D eigenvalue weighted by atomic mass is 10.3. The molecule has 0 atom stereocenters. The number of nitrogens with zero attached hydrogens (tertiary/aromatic N) is 2. The summed E-state index contributed by atoms with van der Waals surface area (Å²) in [7, 11) is 0. The molecule has 0 fully saturated rings. The number of pyridine rings is 1. The van der Waals surface area contributed by atoms with Gasteiger partial charge in [0.15, 0.2) is 16.9 Å². The van der Waals surface area contributed by atoms with Crippen molar-refractivity contribution in [3.63, 3.8) is 0 Å². The van der Waals surface area contributed by atoms with Crippen LogP contribution in [-0.4, -0.2) is 10.1 Å². The quantitative estimate of drug-likeness (QED) is 0.765. The molecule has 18 heavy (non-hydrogen) atoms. The van der Waals surface area contributed by atoms with Gasteiger partial charge in [-0.2, -0.15) is 0 Å². The van der Waals surface area contributed by atoms with Crippen LogP contribution in [0.25, 0.3) is 11.1 Å². The van der Waals surface area contributed by atoms with Gasteiger partial charge >= 0.3 is 0 Å². The van der Waals surface area contributed by atoms with E-state index in [0.29, 0.717) is 22.6 Å².